The number of para-hydroxylation sites is 1. The Morgan fingerprint density at radius 2 is 2.21 bits per heavy atom. The minimum absolute atomic E-state index is 0.0155. The van der Waals surface area contributed by atoms with Crippen molar-refractivity contribution in [1.29, 1.82) is 0 Å². The predicted octanol–water partition coefficient (Wildman–Crippen LogP) is 2.10. The van der Waals surface area contributed by atoms with Crippen LogP contribution < -0.4 is 5.32 Å². The average Bonchev–Trinajstić information content (AvgIpc) is 3.04. The monoisotopic (exact) mass is 257 g/mol. The molecular weight excluding hydrogens is 242 g/mol. The molecule has 19 heavy (non-hydrogen) atoms. The largest absolute Gasteiger partial charge is 0.463 e. The van der Waals surface area contributed by atoms with Gasteiger partial charge in [0.1, 0.15) is 11.8 Å². The van der Waals surface area contributed by atoms with Crippen molar-refractivity contribution in [3.63, 3.8) is 0 Å². The maximum absolute atomic E-state index is 12.2. The van der Waals surface area contributed by atoms with Gasteiger partial charge in [-0.15, -0.1) is 0 Å². The molecule has 1 heterocycles. The van der Waals surface area contributed by atoms with Crippen molar-refractivity contribution in [2.24, 2.45) is 5.92 Å². The topological polar surface area (TPSA) is 62.5 Å². The van der Waals surface area contributed by atoms with Crippen LogP contribution in [-0.4, -0.2) is 23.7 Å². The van der Waals surface area contributed by atoms with E-state index in [1.54, 1.807) is 0 Å². The third kappa shape index (κ3) is 2.27. The van der Waals surface area contributed by atoms with Gasteiger partial charge in [0, 0.05) is 24.0 Å². The molecule has 0 aliphatic heterocycles. The first-order valence-electron chi connectivity index (χ1n) is 6.34. The van der Waals surface area contributed by atoms with E-state index in [1.807, 2.05) is 36.4 Å². The van der Waals surface area contributed by atoms with Crippen molar-refractivity contribution in [1.82, 2.24) is 5.32 Å². The lowest BCUT2D eigenvalue weighted by molar-refractivity contribution is 0.0942. The lowest BCUT2D eigenvalue weighted by atomic mass is 10.1. The molecule has 0 spiro atoms. The summed E-state index contributed by atoms with van der Waals surface area (Å²) in [7, 11) is 0. The molecule has 4 nitrogen and oxygen atoms in total. The molecule has 1 aromatic heterocycles. The molecule has 0 radical (unpaired) electrons. The van der Waals surface area contributed by atoms with E-state index in [0.29, 0.717) is 11.1 Å². The van der Waals surface area contributed by atoms with E-state index in [9.17, 15) is 4.79 Å². The number of amides is 1. The predicted molar refractivity (Wildman–Crippen MR) is 71.8 cm³/mol. The molecule has 1 aliphatic rings. The van der Waals surface area contributed by atoms with E-state index in [1.165, 1.54) is 6.26 Å². The van der Waals surface area contributed by atoms with Crippen LogP contribution in [0.5, 0.6) is 0 Å². The SMILES string of the molecule is O=C(N[C@@H]1C=C[C@H](CO)C1)c1coc2ccccc12. The molecule has 3 rings (SSSR count). The molecule has 0 bridgehead atoms. The van der Waals surface area contributed by atoms with Crippen LogP contribution in [0.15, 0.2) is 47.1 Å². The number of carbonyl (C=O) groups excluding carboxylic acids is 1. The number of fused-ring (bicyclic) bond motifs is 1. The Bertz CT molecular complexity index is 629. The maximum atomic E-state index is 12.2. The standard InChI is InChI=1S/C15H15NO3/c17-8-10-5-6-11(7-10)16-15(18)13-9-19-14-4-2-1-3-12(13)14/h1-6,9-11,17H,7-8H2,(H,16,18)/t10-,11+/m0/s1. The van der Waals surface area contributed by atoms with E-state index in [4.69, 9.17) is 9.52 Å². The van der Waals surface area contributed by atoms with Crippen LogP contribution in [-0.2, 0) is 0 Å². The second kappa shape index (κ2) is 4.90. The van der Waals surface area contributed by atoms with Crippen molar-refractivity contribution in [3.8, 4) is 0 Å². The van der Waals surface area contributed by atoms with Crippen LogP contribution in [0.2, 0.25) is 0 Å². The zero-order valence-electron chi connectivity index (χ0n) is 10.4. The zero-order chi connectivity index (χ0) is 13.2. The van der Waals surface area contributed by atoms with Crippen LogP contribution in [0.25, 0.3) is 11.0 Å². The second-order valence-corrected chi connectivity index (χ2v) is 4.79. The van der Waals surface area contributed by atoms with E-state index in [-0.39, 0.29) is 24.5 Å². The van der Waals surface area contributed by atoms with Gasteiger partial charge in [-0.1, -0.05) is 30.4 Å². The highest BCUT2D eigenvalue weighted by molar-refractivity contribution is 6.06. The Labute approximate surface area is 110 Å². The number of hydrogen-bond acceptors (Lipinski definition) is 3. The molecule has 2 aromatic rings. The Morgan fingerprint density at radius 1 is 1.37 bits per heavy atom. The van der Waals surface area contributed by atoms with Gasteiger partial charge in [0.25, 0.3) is 5.91 Å². The fourth-order valence-electron chi connectivity index (χ4n) is 2.42. The molecule has 0 saturated carbocycles. The Kier molecular flexibility index (Phi) is 3.09. The number of nitrogens with one attached hydrogen (secondary N) is 1. The van der Waals surface area contributed by atoms with Gasteiger partial charge in [0.2, 0.25) is 0 Å². The number of aliphatic hydroxyl groups excluding tert-OH is 1. The van der Waals surface area contributed by atoms with Gasteiger partial charge in [0.05, 0.1) is 5.56 Å². The molecule has 98 valence electrons. The smallest absolute Gasteiger partial charge is 0.255 e. The number of carbonyl (C=O) groups is 1. The quantitative estimate of drug-likeness (QED) is 0.828. The molecule has 4 heteroatoms. The minimum atomic E-state index is -0.141. The highest BCUT2D eigenvalue weighted by Gasteiger charge is 2.21. The normalized spacial score (nSPS) is 21.9. The van der Waals surface area contributed by atoms with Crippen LogP contribution in [0.3, 0.4) is 0 Å². The van der Waals surface area contributed by atoms with Gasteiger partial charge < -0.3 is 14.8 Å². The average molecular weight is 257 g/mol. The first-order valence-corrected chi connectivity index (χ1v) is 6.34. The van der Waals surface area contributed by atoms with E-state index in [2.05, 4.69) is 5.32 Å². The summed E-state index contributed by atoms with van der Waals surface area (Å²) in [5.74, 6) is 0.00424. The molecular formula is C15H15NO3. The van der Waals surface area contributed by atoms with Crippen LogP contribution in [0.4, 0.5) is 0 Å². The Hall–Kier alpha value is -2.07. The fourth-order valence-corrected chi connectivity index (χ4v) is 2.42. The summed E-state index contributed by atoms with van der Waals surface area (Å²) in [5, 5.41) is 12.8. The number of furan rings is 1. The molecule has 1 amide bonds. The van der Waals surface area contributed by atoms with Crippen molar-refractivity contribution >= 4 is 16.9 Å². The van der Waals surface area contributed by atoms with Gasteiger partial charge in [0.15, 0.2) is 0 Å². The van der Waals surface area contributed by atoms with Crippen molar-refractivity contribution < 1.29 is 14.3 Å². The van der Waals surface area contributed by atoms with E-state index >= 15 is 0 Å². The van der Waals surface area contributed by atoms with Crippen LogP contribution in [0, 0.1) is 5.92 Å². The first kappa shape index (κ1) is 12.0. The van der Waals surface area contributed by atoms with Gasteiger partial charge in [-0.05, 0) is 12.5 Å². The van der Waals surface area contributed by atoms with Crippen molar-refractivity contribution in [3.05, 3.63) is 48.2 Å². The van der Waals surface area contributed by atoms with Crippen molar-refractivity contribution in [2.45, 2.75) is 12.5 Å². The summed E-state index contributed by atoms with van der Waals surface area (Å²) in [6.45, 7) is 0.123. The molecule has 1 aromatic carbocycles. The highest BCUT2D eigenvalue weighted by Crippen LogP contribution is 2.22. The molecule has 2 atom stereocenters. The van der Waals surface area contributed by atoms with Gasteiger partial charge >= 0.3 is 0 Å². The number of aliphatic hydroxyl groups is 1. The van der Waals surface area contributed by atoms with Gasteiger partial charge in [-0.3, -0.25) is 4.79 Å². The fraction of sp³-hybridized carbons (Fsp3) is 0.267. The summed E-state index contributed by atoms with van der Waals surface area (Å²) < 4.78 is 5.36. The second-order valence-electron chi connectivity index (χ2n) is 4.79. The van der Waals surface area contributed by atoms with Crippen molar-refractivity contribution in [2.75, 3.05) is 6.61 Å². The lowest BCUT2D eigenvalue weighted by Gasteiger charge is -2.11. The molecule has 2 N–H and O–H groups in total. The summed E-state index contributed by atoms with van der Waals surface area (Å²) in [4.78, 5) is 12.2. The third-order valence-electron chi connectivity index (χ3n) is 3.45. The molecule has 0 saturated heterocycles. The zero-order valence-corrected chi connectivity index (χ0v) is 10.4. The minimum Gasteiger partial charge on any atom is -0.463 e. The highest BCUT2D eigenvalue weighted by atomic mass is 16.3. The van der Waals surface area contributed by atoms with Crippen LogP contribution >= 0.6 is 0 Å². The first-order chi connectivity index (χ1) is 9.28. The Morgan fingerprint density at radius 3 is 3.00 bits per heavy atom. The summed E-state index contributed by atoms with van der Waals surface area (Å²) in [6, 6.07) is 7.45. The molecule has 1 aliphatic carbocycles. The Balaban J connectivity index is 1.76. The molecule has 0 fully saturated rings. The number of rotatable bonds is 3. The summed E-state index contributed by atoms with van der Waals surface area (Å²) in [5.41, 5.74) is 1.26. The van der Waals surface area contributed by atoms with E-state index < -0.39 is 0 Å². The third-order valence-corrected chi connectivity index (χ3v) is 3.45. The van der Waals surface area contributed by atoms with Crippen LogP contribution in [0.1, 0.15) is 16.8 Å². The number of benzene rings is 1. The number of hydrogen-bond donors (Lipinski definition) is 2. The molecule has 0 unspecified atom stereocenters. The lowest BCUT2D eigenvalue weighted by Crippen LogP contribution is -2.32. The van der Waals surface area contributed by atoms with E-state index in [0.717, 1.165) is 11.8 Å². The summed E-state index contributed by atoms with van der Waals surface area (Å²) >= 11 is 0. The van der Waals surface area contributed by atoms with Gasteiger partial charge in [-0.25, -0.2) is 0 Å². The summed E-state index contributed by atoms with van der Waals surface area (Å²) in [6.07, 6.45) is 6.11. The maximum Gasteiger partial charge on any atom is 0.255 e. The van der Waals surface area contributed by atoms with Gasteiger partial charge in [-0.2, -0.15) is 0 Å².